The SMILES string of the molecule is Cc1ccc2c(c1)CCCN2C(=O)COC(C)C. The molecule has 0 saturated heterocycles. The van der Waals surface area contributed by atoms with E-state index in [-0.39, 0.29) is 18.6 Å². The van der Waals surface area contributed by atoms with Crippen molar-refractivity contribution in [2.75, 3.05) is 18.1 Å². The lowest BCUT2D eigenvalue weighted by atomic mass is 9.99. The van der Waals surface area contributed by atoms with Gasteiger partial charge < -0.3 is 9.64 Å². The van der Waals surface area contributed by atoms with Crippen molar-refractivity contribution in [3.63, 3.8) is 0 Å². The fourth-order valence-corrected chi connectivity index (χ4v) is 2.30. The second-order valence-electron chi connectivity index (χ2n) is 5.14. The molecule has 1 aliphatic rings. The van der Waals surface area contributed by atoms with Crippen LogP contribution in [0.3, 0.4) is 0 Å². The van der Waals surface area contributed by atoms with Gasteiger partial charge in [0.1, 0.15) is 6.61 Å². The molecule has 2 rings (SSSR count). The van der Waals surface area contributed by atoms with Crippen LogP contribution in [0.1, 0.15) is 31.4 Å². The van der Waals surface area contributed by atoms with Gasteiger partial charge in [-0.15, -0.1) is 0 Å². The minimum Gasteiger partial charge on any atom is -0.369 e. The number of amides is 1. The zero-order valence-corrected chi connectivity index (χ0v) is 11.4. The molecule has 0 radical (unpaired) electrons. The molecule has 0 unspecified atom stereocenters. The maximum Gasteiger partial charge on any atom is 0.252 e. The molecule has 0 N–H and O–H groups in total. The topological polar surface area (TPSA) is 29.5 Å². The van der Waals surface area contributed by atoms with E-state index < -0.39 is 0 Å². The number of fused-ring (bicyclic) bond motifs is 1. The van der Waals surface area contributed by atoms with Crippen molar-refractivity contribution in [1.29, 1.82) is 0 Å². The minimum atomic E-state index is 0.0634. The van der Waals surface area contributed by atoms with Gasteiger partial charge in [-0.2, -0.15) is 0 Å². The Bertz CT molecular complexity index is 440. The molecule has 3 nitrogen and oxygen atoms in total. The fourth-order valence-electron chi connectivity index (χ4n) is 2.30. The Morgan fingerprint density at radius 1 is 1.44 bits per heavy atom. The second-order valence-corrected chi connectivity index (χ2v) is 5.14. The molecule has 1 aromatic carbocycles. The lowest BCUT2D eigenvalue weighted by Crippen LogP contribution is -2.38. The van der Waals surface area contributed by atoms with E-state index >= 15 is 0 Å². The molecule has 18 heavy (non-hydrogen) atoms. The zero-order valence-electron chi connectivity index (χ0n) is 11.4. The van der Waals surface area contributed by atoms with E-state index in [4.69, 9.17) is 4.74 Å². The Morgan fingerprint density at radius 3 is 2.94 bits per heavy atom. The molecular formula is C15H21NO2. The van der Waals surface area contributed by atoms with E-state index in [1.165, 1.54) is 11.1 Å². The highest BCUT2D eigenvalue weighted by atomic mass is 16.5. The predicted molar refractivity (Wildman–Crippen MR) is 72.9 cm³/mol. The number of ether oxygens (including phenoxy) is 1. The number of carbonyl (C=O) groups excluding carboxylic acids is 1. The summed E-state index contributed by atoms with van der Waals surface area (Å²) in [7, 11) is 0. The van der Waals surface area contributed by atoms with Crippen LogP contribution in [0.4, 0.5) is 5.69 Å². The van der Waals surface area contributed by atoms with E-state index in [0.29, 0.717) is 0 Å². The summed E-state index contributed by atoms with van der Waals surface area (Å²) in [6.07, 6.45) is 2.19. The summed E-state index contributed by atoms with van der Waals surface area (Å²) in [5.74, 6) is 0.0634. The van der Waals surface area contributed by atoms with Crippen molar-refractivity contribution in [2.45, 2.75) is 39.7 Å². The molecule has 0 saturated carbocycles. The maximum absolute atomic E-state index is 12.2. The van der Waals surface area contributed by atoms with Crippen molar-refractivity contribution in [3.05, 3.63) is 29.3 Å². The Balaban J connectivity index is 2.14. The first-order chi connectivity index (χ1) is 8.58. The molecule has 1 aliphatic heterocycles. The highest BCUT2D eigenvalue weighted by Crippen LogP contribution is 2.28. The van der Waals surface area contributed by atoms with Crippen molar-refractivity contribution >= 4 is 11.6 Å². The Morgan fingerprint density at radius 2 is 2.22 bits per heavy atom. The third kappa shape index (κ3) is 2.91. The van der Waals surface area contributed by atoms with Crippen LogP contribution in [-0.2, 0) is 16.0 Å². The van der Waals surface area contributed by atoms with Gasteiger partial charge in [0.15, 0.2) is 0 Å². The van der Waals surface area contributed by atoms with E-state index in [2.05, 4.69) is 25.1 Å². The van der Waals surface area contributed by atoms with Crippen LogP contribution >= 0.6 is 0 Å². The molecule has 1 amide bonds. The summed E-state index contributed by atoms with van der Waals surface area (Å²) in [5, 5.41) is 0. The van der Waals surface area contributed by atoms with Gasteiger partial charge in [0.2, 0.25) is 0 Å². The first kappa shape index (κ1) is 13.1. The standard InChI is InChI=1S/C15H21NO2/c1-11(2)18-10-15(17)16-8-4-5-13-9-12(3)6-7-14(13)16/h6-7,9,11H,4-5,8,10H2,1-3H3. The Labute approximate surface area is 109 Å². The molecule has 1 aromatic rings. The number of nitrogens with zero attached hydrogens (tertiary/aromatic N) is 1. The molecule has 1 heterocycles. The minimum absolute atomic E-state index is 0.0634. The summed E-state index contributed by atoms with van der Waals surface area (Å²) in [4.78, 5) is 14.0. The fraction of sp³-hybridized carbons (Fsp3) is 0.533. The van der Waals surface area contributed by atoms with Gasteiger partial charge in [0.05, 0.1) is 6.10 Å². The van der Waals surface area contributed by atoms with Crippen LogP contribution in [0.15, 0.2) is 18.2 Å². The van der Waals surface area contributed by atoms with Crippen LogP contribution in [-0.4, -0.2) is 25.2 Å². The average molecular weight is 247 g/mol. The third-order valence-corrected chi connectivity index (χ3v) is 3.19. The van der Waals surface area contributed by atoms with Crippen molar-refractivity contribution in [3.8, 4) is 0 Å². The molecule has 0 spiro atoms. The predicted octanol–water partition coefficient (Wildman–Crippen LogP) is 2.70. The van der Waals surface area contributed by atoms with Gasteiger partial charge in [-0.05, 0) is 45.2 Å². The number of hydrogen-bond acceptors (Lipinski definition) is 2. The zero-order chi connectivity index (χ0) is 13.1. The number of carbonyl (C=O) groups is 1. The maximum atomic E-state index is 12.2. The molecule has 0 aromatic heterocycles. The normalized spacial score (nSPS) is 14.8. The van der Waals surface area contributed by atoms with Gasteiger partial charge in [-0.1, -0.05) is 17.7 Å². The largest absolute Gasteiger partial charge is 0.369 e. The van der Waals surface area contributed by atoms with Gasteiger partial charge in [0, 0.05) is 12.2 Å². The number of benzene rings is 1. The summed E-state index contributed by atoms with van der Waals surface area (Å²) in [5.41, 5.74) is 3.59. The van der Waals surface area contributed by atoms with Crippen LogP contribution in [0.25, 0.3) is 0 Å². The van der Waals surface area contributed by atoms with Crippen molar-refractivity contribution in [2.24, 2.45) is 0 Å². The summed E-state index contributed by atoms with van der Waals surface area (Å²) in [6, 6.07) is 6.29. The average Bonchev–Trinajstić information content (AvgIpc) is 2.34. The van der Waals surface area contributed by atoms with E-state index in [1.54, 1.807) is 0 Å². The van der Waals surface area contributed by atoms with Crippen LogP contribution in [0.2, 0.25) is 0 Å². The number of anilines is 1. The molecule has 0 atom stereocenters. The highest BCUT2D eigenvalue weighted by Gasteiger charge is 2.22. The van der Waals surface area contributed by atoms with Crippen LogP contribution in [0.5, 0.6) is 0 Å². The monoisotopic (exact) mass is 247 g/mol. The molecule has 0 aliphatic carbocycles. The Hall–Kier alpha value is -1.35. The highest BCUT2D eigenvalue weighted by molar-refractivity contribution is 5.95. The number of hydrogen-bond donors (Lipinski definition) is 0. The second kappa shape index (κ2) is 5.53. The first-order valence-corrected chi connectivity index (χ1v) is 6.59. The van der Waals surface area contributed by atoms with Crippen molar-refractivity contribution in [1.82, 2.24) is 0 Å². The molecule has 0 bridgehead atoms. The summed E-state index contributed by atoms with van der Waals surface area (Å²) >= 11 is 0. The number of rotatable bonds is 3. The molecule has 3 heteroatoms. The smallest absolute Gasteiger partial charge is 0.252 e. The van der Waals surface area contributed by atoms with Gasteiger partial charge in [0.25, 0.3) is 5.91 Å². The van der Waals surface area contributed by atoms with Crippen molar-refractivity contribution < 1.29 is 9.53 Å². The first-order valence-electron chi connectivity index (χ1n) is 6.59. The molecular weight excluding hydrogens is 226 g/mol. The Kier molecular flexibility index (Phi) is 4.02. The molecule has 0 fully saturated rings. The summed E-state index contributed by atoms with van der Waals surface area (Å²) in [6.45, 7) is 6.95. The van der Waals surface area contributed by atoms with E-state index in [9.17, 15) is 4.79 Å². The van der Waals surface area contributed by atoms with Gasteiger partial charge in [-0.3, -0.25) is 4.79 Å². The van der Waals surface area contributed by atoms with Gasteiger partial charge in [-0.25, -0.2) is 0 Å². The van der Waals surface area contributed by atoms with E-state index in [1.807, 2.05) is 18.7 Å². The van der Waals surface area contributed by atoms with Crippen LogP contribution in [0, 0.1) is 6.92 Å². The quantitative estimate of drug-likeness (QED) is 0.822. The van der Waals surface area contributed by atoms with Gasteiger partial charge >= 0.3 is 0 Å². The summed E-state index contributed by atoms with van der Waals surface area (Å²) < 4.78 is 5.40. The number of aryl methyl sites for hydroxylation is 2. The molecule has 98 valence electrons. The lowest BCUT2D eigenvalue weighted by molar-refractivity contribution is -0.124. The lowest BCUT2D eigenvalue weighted by Gasteiger charge is -2.30. The van der Waals surface area contributed by atoms with Crippen LogP contribution < -0.4 is 4.90 Å². The third-order valence-electron chi connectivity index (χ3n) is 3.19. The van der Waals surface area contributed by atoms with E-state index in [0.717, 1.165) is 25.1 Å².